The third-order valence-corrected chi connectivity index (χ3v) is 2.70. The lowest BCUT2D eigenvalue weighted by Crippen LogP contribution is -2.36. The second-order valence-corrected chi connectivity index (χ2v) is 4.64. The van der Waals surface area contributed by atoms with Gasteiger partial charge in [0.15, 0.2) is 0 Å². The van der Waals surface area contributed by atoms with Crippen LogP contribution in [0.4, 0.5) is 13.2 Å². The Bertz CT molecular complexity index is 512. The Morgan fingerprint density at radius 3 is 2.43 bits per heavy atom. The first-order chi connectivity index (χ1) is 9.72. The number of halogens is 3. The van der Waals surface area contributed by atoms with E-state index in [1.54, 1.807) is 6.92 Å². The quantitative estimate of drug-likeness (QED) is 0.336. The minimum atomic E-state index is -4.39. The van der Waals surface area contributed by atoms with Crippen LogP contribution in [0, 0.1) is 0 Å². The molecular formula is C13H16F3N3O2. The van der Waals surface area contributed by atoms with E-state index in [4.69, 9.17) is 10.9 Å². The van der Waals surface area contributed by atoms with Crippen LogP contribution in [0.25, 0.3) is 0 Å². The van der Waals surface area contributed by atoms with Gasteiger partial charge in [-0.25, -0.2) is 0 Å². The van der Waals surface area contributed by atoms with E-state index >= 15 is 0 Å². The van der Waals surface area contributed by atoms with Crippen molar-refractivity contribution < 1.29 is 23.2 Å². The van der Waals surface area contributed by atoms with Gasteiger partial charge in [-0.1, -0.05) is 17.3 Å². The molecule has 1 aromatic rings. The van der Waals surface area contributed by atoms with Crippen molar-refractivity contribution in [2.24, 2.45) is 10.9 Å². The Hall–Kier alpha value is -2.25. The number of nitrogens with one attached hydrogen (secondary N) is 1. The van der Waals surface area contributed by atoms with Crippen LogP contribution in [0.2, 0.25) is 0 Å². The molecule has 116 valence electrons. The highest BCUT2D eigenvalue weighted by Gasteiger charge is 2.29. The van der Waals surface area contributed by atoms with Crippen LogP contribution in [-0.2, 0) is 17.4 Å². The molecule has 21 heavy (non-hydrogen) atoms. The fourth-order valence-corrected chi connectivity index (χ4v) is 1.73. The van der Waals surface area contributed by atoms with Gasteiger partial charge in [0.2, 0.25) is 5.91 Å². The molecule has 0 aliphatic heterocycles. The molecule has 1 unspecified atom stereocenters. The average molecular weight is 303 g/mol. The van der Waals surface area contributed by atoms with E-state index in [0.717, 1.165) is 12.1 Å². The first-order valence-electron chi connectivity index (χ1n) is 6.14. The maximum absolute atomic E-state index is 12.4. The maximum Gasteiger partial charge on any atom is 0.416 e. The van der Waals surface area contributed by atoms with Gasteiger partial charge in [-0.3, -0.25) is 4.79 Å². The van der Waals surface area contributed by atoms with Crippen molar-refractivity contribution in [3.05, 3.63) is 35.4 Å². The summed E-state index contributed by atoms with van der Waals surface area (Å²) in [6, 6.07) is 4.04. The number of amides is 1. The molecule has 0 spiro atoms. The first-order valence-corrected chi connectivity index (χ1v) is 6.14. The molecule has 1 rings (SSSR count). The van der Waals surface area contributed by atoms with Crippen LogP contribution in [0.15, 0.2) is 29.4 Å². The Morgan fingerprint density at radius 1 is 1.38 bits per heavy atom. The normalized spacial score (nSPS) is 13.8. The van der Waals surface area contributed by atoms with Crippen molar-refractivity contribution in [3.8, 4) is 0 Å². The molecule has 0 saturated carbocycles. The van der Waals surface area contributed by atoms with Gasteiger partial charge < -0.3 is 16.3 Å². The Morgan fingerprint density at radius 2 is 1.95 bits per heavy atom. The predicted molar refractivity (Wildman–Crippen MR) is 70.8 cm³/mol. The van der Waals surface area contributed by atoms with E-state index < -0.39 is 11.7 Å². The number of rotatable bonds is 5. The molecule has 0 radical (unpaired) electrons. The van der Waals surface area contributed by atoms with E-state index in [1.165, 1.54) is 12.1 Å². The molecule has 0 aliphatic rings. The summed E-state index contributed by atoms with van der Waals surface area (Å²) in [5, 5.41) is 13.8. The van der Waals surface area contributed by atoms with Crippen LogP contribution >= 0.6 is 0 Å². The average Bonchev–Trinajstić information content (AvgIpc) is 2.37. The highest BCUT2D eigenvalue weighted by atomic mass is 19.4. The summed E-state index contributed by atoms with van der Waals surface area (Å²) in [6.45, 7) is 1.67. The SMILES string of the molecule is CC(CC(N)=NO)NC(=O)Cc1ccc(C(F)(F)F)cc1. The van der Waals surface area contributed by atoms with Gasteiger partial charge in [0.05, 0.1) is 12.0 Å². The Kier molecular flexibility index (Phi) is 5.57. The van der Waals surface area contributed by atoms with Gasteiger partial charge in [0.25, 0.3) is 0 Å². The molecular weight excluding hydrogens is 287 g/mol. The van der Waals surface area contributed by atoms with E-state index in [-0.39, 0.29) is 30.6 Å². The lowest BCUT2D eigenvalue weighted by atomic mass is 10.1. The standard InChI is InChI=1S/C13H16F3N3O2/c1-8(6-11(17)19-21)18-12(20)7-9-2-4-10(5-3-9)13(14,15)16/h2-5,8,21H,6-7H2,1H3,(H2,17,19)(H,18,20). The molecule has 8 heteroatoms. The number of hydrogen-bond acceptors (Lipinski definition) is 3. The third-order valence-electron chi connectivity index (χ3n) is 2.70. The van der Waals surface area contributed by atoms with E-state index in [2.05, 4.69) is 10.5 Å². The van der Waals surface area contributed by atoms with Crippen LogP contribution in [0.1, 0.15) is 24.5 Å². The van der Waals surface area contributed by atoms with Crippen molar-refractivity contribution in [2.75, 3.05) is 0 Å². The minimum Gasteiger partial charge on any atom is -0.409 e. The fraction of sp³-hybridized carbons (Fsp3) is 0.385. The van der Waals surface area contributed by atoms with E-state index in [1.807, 2.05) is 0 Å². The van der Waals surface area contributed by atoms with Gasteiger partial charge >= 0.3 is 6.18 Å². The molecule has 4 N–H and O–H groups in total. The summed E-state index contributed by atoms with van der Waals surface area (Å²) >= 11 is 0. The molecule has 1 amide bonds. The fourth-order valence-electron chi connectivity index (χ4n) is 1.73. The van der Waals surface area contributed by atoms with Crippen molar-refractivity contribution >= 4 is 11.7 Å². The molecule has 0 aliphatic carbocycles. The number of amidine groups is 1. The number of nitrogens with zero attached hydrogens (tertiary/aromatic N) is 1. The number of alkyl halides is 3. The van der Waals surface area contributed by atoms with Crippen molar-refractivity contribution in [1.29, 1.82) is 0 Å². The van der Waals surface area contributed by atoms with Crippen LogP contribution < -0.4 is 11.1 Å². The summed E-state index contributed by atoms with van der Waals surface area (Å²) in [6.07, 6.45) is -4.26. The molecule has 1 aromatic carbocycles. The highest BCUT2D eigenvalue weighted by Crippen LogP contribution is 2.29. The zero-order valence-corrected chi connectivity index (χ0v) is 11.3. The highest BCUT2D eigenvalue weighted by molar-refractivity contribution is 5.82. The third kappa shape index (κ3) is 5.72. The maximum atomic E-state index is 12.4. The summed E-state index contributed by atoms with van der Waals surface area (Å²) in [7, 11) is 0. The molecule has 0 heterocycles. The number of benzene rings is 1. The largest absolute Gasteiger partial charge is 0.416 e. The Balaban J connectivity index is 2.55. The second-order valence-electron chi connectivity index (χ2n) is 4.64. The van der Waals surface area contributed by atoms with Gasteiger partial charge in [-0.05, 0) is 24.6 Å². The number of hydrogen-bond donors (Lipinski definition) is 3. The molecule has 5 nitrogen and oxygen atoms in total. The lowest BCUT2D eigenvalue weighted by molar-refractivity contribution is -0.137. The van der Waals surface area contributed by atoms with Gasteiger partial charge in [-0.15, -0.1) is 0 Å². The van der Waals surface area contributed by atoms with Crippen molar-refractivity contribution in [2.45, 2.75) is 32.0 Å². The molecule has 1 atom stereocenters. The zero-order chi connectivity index (χ0) is 16.0. The monoisotopic (exact) mass is 303 g/mol. The van der Waals surface area contributed by atoms with Crippen LogP contribution in [-0.4, -0.2) is 23.0 Å². The smallest absolute Gasteiger partial charge is 0.409 e. The number of carbonyl (C=O) groups is 1. The van der Waals surface area contributed by atoms with E-state index in [9.17, 15) is 18.0 Å². The number of oxime groups is 1. The minimum absolute atomic E-state index is 0.0164. The number of nitrogens with two attached hydrogens (primary N) is 1. The lowest BCUT2D eigenvalue weighted by Gasteiger charge is -2.13. The molecule has 0 fully saturated rings. The predicted octanol–water partition coefficient (Wildman–Crippen LogP) is 1.89. The first kappa shape index (κ1) is 16.8. The van der Waals surface area contributed by atoms with Crippen molar-refractivity contribution in [3.63, 3.8) is 0 Å². The molecule has 0 aromatic heterocycles. The van der Waals surface area contributed by atoms with E-state index in [0.29, 0.717) is 5.56 Å². The van der Waals surface area contributed by atoms with Crippen molar-refractivity contribution in [1.82, 2.24) is 5.32 Å². The van der Waals surface area contributed by atoms with Gasteiger partial charge in [0, 0.05) is 12.5 Å². The van der Waals surface area contributed by atoms with Crippen LogP contribution in [0.5, 0.6) is 0 Å². The molecule has 0 saturated heterocycles. The summed E-state index contributed by atoms with van der Waals surface area (Å²) in [5.74, 6) is -0.370. The van der Waals surface area contributed by atoms with Gasteiger partial charge in [0.1, 0.15) is 5.84 Å². The zero-order valence-electron chi connectivity index (χ0n) is 11.3. The summed E-state index contributed by atoms with van der Waals surface area (Å²) in [5.41, 5.74) is 5.01. The van der Waals surface area contributed by atoms with Crippen LogP contribution in [0.3, 0.4) is 0 Å². The number of carbonyl (C=O) groups excluding carboxylic acids is 1. The molecule has 0 bridgehead atoms. The second kappa shape index (κ2) is 6.96. The topological polar surface area (TPSA) is 87.7 Å². The Labute approximate surface area is 119 Å². The summed E-state index contributed by atoms with van der Waals surface area (Å²) in [4.78, 5) is 11.7. The van der Waals surface area contributed by atoms with Gasteiger partial charge in [-0.2, -0.15) is 13.2 Å². The summed E-state index contributed by atoms with van der Waals surface area (Å²) < 4.78 is 37.2.